The van der Waals surface area contributed by atoms with E-state index >= 15 is 0 Å². The molecule has 0 saturated carbocycles. The van der Waals surface area contributed by atoms with Crippen molar-refractivity contribution in [3.8, 4) is 28.8 Å². The molecule has 44 heavy (non-hydrogen) atoms. The molecule has 0 radical (unpaired) electrons. The molecule has 1 aliphatic rings. The zero-order chi connectivity index (χ0) is 31.6. The molecular formula is C34H30F3N3O4. The topological polar surface area (TPSA) is 106 Å². The number of rotatable bonds is 6. The van der Waals surface area contributed by atoms with E-state index in [9.17, 15) is 33.1 Å². The maximum absolute atomic E-state index is 14.4. The van der Waals surface area contributed by atoms with Crippen LogP contribution in [0.4, 0.5) is 13.2 Å². The second kappa shape index (κ2) is 12.4. The second-order valence-corrected chi connectivity index (χ2v) is 11.0. The normalized spacial score (nSPS) is 15.1. The number of aromatic amines is 1. The summed E-state index contributed by atoms with van der Waals surface area (Å²) in [6, 6.07) is 19.6. The van der Waals surface area contributed by atoms with Crippen molar-refractivity contribution in [3.63, 3.8) is 0 Å². The number of ether oxygens (including phenoxy) is 1. The average molecular weight is 602 g/mol. The quantitative estimate of drug-likeness (QED) is 0.262. The van der Waals surface area contributed by atoms with Gasteiger partial charge < -0.3 is 19.7 Å². The minimum atomic E-state index is -4.94. The van der Waals surface area contributed by atoms with Crippen LogP contribution in [0.15, 0.2) is 71.5 Å². The summed E-state index contributed by atoms with van der Waals surface area (Å²) < 4.78 is 49.2. The van der Waals surface area contributed by atoms with Crippen LogP contribution in [0.25, 0.3) is 11.3 Å². The second-order valence-electron chi connectivity index (χ2n) is 11.0. The molecule has 0 aliphatic carbocycles. The van der Waals surface area contributed by atoms with Crippen LogP contribution in [-0.4, -0.2) is 40.1 Å². The van der Waals surface area contributed by atoms with E-state index in [0.29, 0.717) is 41.2 Å². The third-order valence-corrected chi connectivity index (χ3v) is 7.72. The van der Waals surface area contributed by atoms with Crippen molar-refractivity contribution in [3.05, 3.63) is 116 Å². The number of likely N-dealkylation sites (tertiary alicyclic amines) is 1. The molecule has 1 aromatic heterocycles. The number of halogens is 3. The standard InChI is InChI=1S/C34H30F3N3O4/c1-20-8-9-23(21(2)15-20)17-28-30(34(35,36)37)29(18-38)32(42)39-31(28)22-10-12-26(13-11-22)44-27-7-3-5-24(16-27)33(43)40-14-4-6-25(41)19-40/h3,5,7-13,15-16,25,41H,4,6,14,17,19H2,1-2H3,(H,39,42). The van der Waals surface area contributed by atoms with Crippen LogP contribution in [0.3, 0.4) is 0 Å². The van der Waals surface area contributed by atoms with Gasteiger partial charge in [-0.05, 0) is 91.4 Å². The van der Waals surface area contributed by atoms with Gasteiger partial charge in [0.1, 0.15) is 23.1 Å². The number of aliphatic hydroxyl groups is 1. The number of alkyl halides is 3. The number of piperidine rings is 1. The van der Waals surface area contributed by atoms with Crippen molar-refractivity contribution in [2.75, 3.05) is 13.1 Å². The summed E-state index contributed by atoms with van der Waals surface area (Å²) in [4.78, 5) is 29.8. The van der Waals surface area contributed by atoms with Gasteiger partial charge in [-0.25, -0.2) is 0 Å². The monoisotopic (exact) mass is 601 g/mol. The Morgan fingerprint density at radius 3 is 2.50 bits per heavy atom. The first-order valence-corrected chi connectivity index (χ1v) is 14.1. The lowest BCUT2D eigenvalue weighted by Gasteiger charge is -2.30. The van der Waals surface area contributed by atoms with Crippen molar-refractivity contribution in [2.24, 2.45) is 0 Å². The fraction of sp³-hybridized carbons (Fsp3) is 0.265. The van der Waals surface area contributed by atoms with E-state index in [-0.39, 0.29) is 30.1 Å². The van der Waals surface area contributed by atoms with Crippen LogP contribution in [0.5, 0.6) is 11.5 Å². The summed E-state index contributed by atoms with van der Waals surface area (Å²) in [6.45, 7) is 4.51. The number of hydrogen-bond donors (Lipinski definition) is 2. The number of carbonyl (C=O) groups is 1. The highest BCUT2D eigenvalue weighted by molar-refractivity contribution is 5.94. The lowest BCUT2D eigenvalue weighted by atomic mass is 9.90. The number of amides is 1. The van der Waals surface area contributed by atoms with E-state index in [4.69, 9.17) is 4.74 Å². The Balaban J connectivity index is 1.48. The van der Waals surface area contributed by atoms with E-state index in [2.05, 4.69) is 4.98 Å². The summed E-state index contributed by atoms with van der Waals surface area (Å²) in [5, 5.41) is 19.4. The Morgan fingerprint density at radius 1 is 1.09 bits per heavy atom. The smallest absolute Gasteiger partial charge is 0.418 e. The van der Waals surface area contributed by atoms with Crippen LogP contribution < -0.4 is 10.3 Å². The Hall–Kier alpha value is -4.88. The zero-order valence-electron chi connectivity index (χ0n) is 24.2. The summed E-state index contributed by atoms with van der Waals surface area (Å²) in [6.07, 6.45) is -4.28. The molecule has 0 bridgehead atoms. The third kappa shape index (κ3) is 6.53. The molecule has 10 heteroatoms. The van der Waals surface area contributed by atoms with Crippen molar-refractivity contribution < 1.29 is 27.8 Å². The fourth-order valence-electron chi connectivity index (χ4n) is 5.56. The van der Waals surface area contributed by atoms with Crippen molar-refractivity contribution in [1.29, 1.82) is 5.26 Å². The van der Waals surface area contributed by atoms with Crippen LogP contribution in [0.1, 0.15) is 56.6 Å². The van der Waals surface area contributed by atoms with E-state index < -0.39 is 29.0 Å². The van der Waals surface area contributed by atoms with Gasteiger partial charge in [-0.1, -0.05) is 29.8 Å². The molecule has 7 nitrogen and oxygen atoms in total. The maximum Gasteiger partial charge on any atom is 0.418 e. The van der Waals surface area contributed by atoms with E-state index in [1.54, 1.807) is 60.4 Å². The number of β-amino-alcohol motifs (C(OH)–C–C–N with tert-alkyl or cyclic N) is 1. The molecule has 2 N–H and O–H groups in total. The van der Waals surface area contributed by atoms with Crippen LogP contribution >= 0.6 is 0 Å². The number of aliphatic hydroxyl groups excluding tert-OH is 1. The Kier molecular flexibility index (Phi) is 8.61. The molecule has 1 saturated heterocycles. The van der Waals surface area contributed by atoms with Crippen LogP contribution in [0.2, 0.25) is 0 Å². The molecule has 5 rings (SSSR count). The number of aryl methyl sites for hydroxylation is 2. The van der Waals surface area contributed by atoms with Crippen molar-refractivity contribution in [2.45, 2.75) is 45.4 Å². The minimum absolute atomic E-state index is 0.0378. The number of nitrogens with one attached hydrogen (secondary N) is 1. The number of aromatic nitrogens is 1. The lowest BCUT2D eigenvalue weighted by molar-refractivity contribution is -0.138. The molecule has 1 amide bonds. The zero-order valence-corrected chi connectivity index (χ0v) is 24.2. The summed E-state index contributed by atoms with van der Waals surface area (Å²) in [5.74, 6) is 0.517. The van der Waals surface area contributed by atoms with Gasteiger partial charge in [-0.2, -0.15) is 18.4 Å². The molecule has 0 spiro atoms. The number of H-pyrrole nitrogens is 1. The number of nitriles is 1. The minimum Gasteiger partial charge on any atom is -0.457 e. The van der Waals surface area contributed by atoms with E-state index in [0.717, 1.165) is 17.5 Å². The highest BCUT2D eigenvalue weighted by atomic mass is 19.4. The van der Waals surface area contributed by atoms with Gasteiger partial charge in [0.25, 0.3) is 11.5 Å². The lowest BCUT2D eigenvalue weighted by Crippen LogP contribution is -2.42. The highest BCUT2D eigenvalue weighted by Gasteiger charge is 2.39. The molecule has 2 heterocycles. The maximum atomic E-state index is 14.4. The third-order valence-electron chi connectivity index (χ3n) is 7.72. The summed E-state index contributed by atoms with van der Waals surface area (Å²) in [7, 11) is 0. The molecule has 3 aromatic carbocycles. The molecule has 1 aliphatic heterocycles. The Morgan fingerprint density at radius 2 is 1.84 bits per heavy atom. The van der Waals surface area contributed by atoms with Crippen LogP contribution in [-0.2, 0) is 12.6 Å². The average Bonchev–Trinajstić information content (AvgIpc) is 2.98. The molecule has 1 atom stereocenters. The van der Waals surface area contributed by atoms with Gasteiger partial charge in [0, 0.05) is 25.1 Å². The largest absolute Gasteiger partial charge is 0.457 e. The number of hydrogen-bond acceptors (Lipinski definition) is 5. The van der Waals surface area contributed by atoms with E-state index in [1.807, 2.05) is 13.0 Å². The van der Waals surface area contributed by atoms with Crippen LogP contribution in [0, 0.1) is 25.2 Å². The number of nitrogens with zero attached hydrogens (tertiary/aromatic N) is 2. The van der Waals surface area contributed by atoms with Gasteiger partial charge in [0.2, 0.25) is 0 Å². The first-order valence-electron chi connectivity index (χ1n) is 14.1. The SMILES string of the molecule is Cc1ccc(Cc2c(-c3ccc(Oc4cccc(C(=O)N5CCCC(O)C5)c4)cc3)[nH]c(=O)c(C#N)c2C(F)(F)F)c(C)c1. The molecule has 4 aromatic rings. The first kappa shape index (κ1) is 30.6. The Labute approximate surface area is 252 Å². The molecule has 226 valence electrons. The predicted molar refractivity (Wildman–Crippen MR) is 159 cm³/mol. The number of carbonyl (C=O) groups excluding carboxylic acids is 1. The Bertz CT molecular complexity index is 1810. The molecule has 1 unspecified atom stereocenters. The fourth-order valence-corrected chi connectivity index (χ4v) is 5.56. The van der Waals surface area contributed by atoms with Crippen molar-refractivity contribution in [1.82, 2.24) is 9.88 Å². The molecule has 1 fully saturated rings. The van der Waals surface area contributed by atoms with Gasteiger partial charge in [-0.3, -0.25) is 9.59 Å². The van der Waals surface area contributed by atoms with E-state index in [1.165, 1.54) is 18.2 Å². The van der Waals surface area contributed by atoms with Gasteiger partial charge in [-0.15, -0.1) is 0 Å². The first-order chi connectivity index (χ1) is 20.9. The van der Waals surface area contributed by atoms with Gasteiger partial charge in [0.15, 0.2) is 0 Å². The summed E-state index contributed by atoms with van der Waals surface area (Å²) in [5.41, 5.74) is -0.513. The molecular weight excluding hydrogens is 571 g/mol. The van der Waals surface area contributed by atoms with Crippen molar-refractivity contribution >= 4 is 5.91 Å². The van der Waals surface area contributed by atoms with Gasteiger partial charge >= 0.3 is 6.18 Å². The highest BCUT2D eigenvalue weighted by Crippen LogP contribution is 2.39. The van der Waals surface area contributed by atoms with Gasteiger partial charge in [0.05, 0.1) is 17.4 Å². The number of benzene rings is 3. The summed E-state index contributed by atoms with van der Waals surface area (Å²) >= 11 is 0. The number of pyridine rings is 1. The predicted octanol–water partition coefficient (Wildman–Crippen LogP) is 6.53.